The number of carboxylic acids is 1. The highest BCUT2D eigenvalue weighted by molar-refractivity contribution is 7.99. The molecule has 0 fully saturated rings. The standard InChI is InChI=1S/C15H20N2O2S/c1-4-6-11(3)17-12-8-5-7-10(2)14(12)16-15(17)20-9-13(18)19/h5,7-8,11H,4,6,9H2,1-3H3,(H,18,19). The summed E-state index contributed by atoms with van der Waals surface area (Å²) in [7, 11) is 0. The number of aryl methyl sites for hydroxylation is 1. The first-order valence-electron chi connectivity index (χ1n) is 6.86. The zero-order valence-corrected chi connectivity index (χ0v) is 12.9. The predicted octanol–water partition coefficient (Wildman–Crippen LogP) is 3.88. The summed E-state index contributed by atoms with van der Waals surface area (Å²) >= 11 is 1.30. The summed E-state index contributed by atoms with van der Waals surface area (Å²) in [5.41, 5.74) is 3.20. The fraction of sp³-hybridized carbons (Fsp3) is 0.467. The molecule has 2 rings (SSSR count). The minimum absolute atomic E-state index is 0.0429. The molecule has 0 spiro atoms. The summed E-state index contributed by atoms with van der Waals surface area (Å²) in [5, 5.41) is 9.68. The normalized spacial score (nSPS) is 12.8. The third kappa shape index (κ3) is 2.98. The summed E-state index contributed by atoms with van der Waals surface area (Å²) < 4.78 is 2.18. The van der Waals surface area contributed by atoms with Crippen molar-refractivity contribution in [3.05, 3.63) is 23.8 Å². The number of carbonyl (C=O) groups is 1. The molecule has 2 aromatic rings. The summed E-state index contributed by atoms with van der Waals surface area (Å²) in [4.78, 5) is 15.5. The quantitative estimate of drug-likeness (QED) is 0.821. The van der Waals surface area contributed by atoms with Crippen molar-refractivity contribution < 1.29 is 9.90 Å². The number of rotatable bonds is 6. The van der Waals surface area contributed by atoms with Crippen LogP contribution in [-0.4, -0.2) is 26.4 Å². The molecule has 1 aromatic carbocycles. The lowest BCUT2D eigenvalue weighted by atomic mass is 10.1. The van der Waals surface area contributed by atoms with Gasteiger partial charge in [0, 0.05) is 6.04 Å². The Morgan fingerprint density at radius 1 is 1.50 bits per heavy atom. The zero-order chi connectivity index (χ0) is 14.7. The second-order valence-corrected chi connectivity index (χ2v) is 5.97. The first-order valence-corrected chi connectivity index (χ1v) is 7.85. The van der Waals surface area contributed by atoms with E-state index in [4.69, 9.17) is 5.11 Å². The van der Waals surface area contributed by atoms with E-state index in [1.165, 1.54) is 11.8 Å². The SMILES string of the molecule is CCCC(C)n1c(SCC(=O)O)nc2c(C)cccc21. The molecule has 108 valence electrons. The number of aliphatic carboxylic acids is 1. The van der Waals surface area contributed by atoms with Gasteiger partial charge in [-0.25, -0.2) is 4.98 Å². The molecule has 0 bridgehead atoms. The molecular weight excluding hydrogens is 272 g/mol. The van der Waals surface area contributed by atoms with Gasteiger partial charge >= 0.3 is 5.97 Å². The number of hydrogen-bond donors (Lipinski definition) is 1. The largest absolute Gasteiger partial charge is 0.481 e. The van der Waals surface area contributed by atoms with Crippen LogP contribution < -0.4 is 0 Å². The number of hydrogen-bond acceptors (Lipinski definition) is 3. The highest BCUT2D eigenvalue weighted by Crippen LogP contribution is 2.30. The lowest BCUT2D eigenvalue weighted by molar-refractivity contribution is -0.133. The molecule has 0 aliphatic heterocycles. The van der Waals surface area contributed by atoms with Crippen LogP contribution in [0.3, 0.4) is 0 Å². The molecule has 4 nitrogen and oxygen atoms in total. The van der Waals surface area contributed by atoms with Crippen LogP contribution >= 0.6 is 11.8 Å². The lowest BCUT2D eigenvalue weighted by Gasteiger charge is -2.16. The summed E-state index contributed by atoms with van der Waals surface area (Å²) in [6.07, 6.45) is 2.15. The molecule has 0 aliphatic rings. The highest BCUT2D eigenvalue weighted by Gasteiger charge is 2.17. The van der Waals surface area contributed by atoms with Crippen molar-refractivity contribution in [3.8, 4) is 0 Å². The van der Waals surface area contributed by atoms with Crippen LogP contribution in [0.2, 0.25) is 0 Å². The third-order valence-corrected chi connectivity index (χ3v) is 4.30. The Bertz CT molecular complexity index is 622. The molecule has 1 unspecified atom stereocenters. The van der Waals surface area contributed by atoms with Crippen molar-refractivity contribution in [2.45, 2.75) is 44.8 Å². The highest BCUT2D eigenvalue weighted by atomic mass is 32.2. The Kier molecular flexibility index (Phi) is 4.70. The molecule has 5 heteroatoms. The van der Waals surface area contributed by atoms with E-state index < -0.39 is 5.97 Å². The van der Waals surface area contributed by atoms with Crippen molar-refractivity contribution >= 4 is 28.8 Å². The Hall–Kier alpha value is -1.49. The maximum absolute atomic E-state index is 10.8. The third-order valence-electron chi connectivity index (χ3n) is 3.36. The molecule has 0 saturated heterocycles. The molecule has 0 saturated carbocycles. The van der Waals surface area contributed by atoms with Gasteiger partial charge in [0.15, 0.2) is 5.16 Å². The minimum Gasteiger partial charge on any atom is -0.481 e. The van der Waals surface area contributed by atoms with Gasteiger partial charge in [0.2, 0.25) is 0 Å². The fourth-order valence-corrected chi connectivity index (χ4v) is 3.26. The Balaban J connectivity index is 2.50. The first kappa shape index (κ1) is 14.9. The van der Waals surface area contributed by atoms with E-state index in [1.807, 2.05) is 19.1 Å². The van der Waals surface area contributed by atoms with Crippen LogP contribution in [0.1, 0.15) is 38.3 Å². The molecule has 20 heavy (non-hydrogen) atoms. The maximum atomic E-state index is 10.8. The molecule has 0 amide bonds. The molecular formula is C15H20N2O2S. The number of fused-ring (bicyclic) bond motifs is 1. The maximum Gasteiger partial charge on any atom is 0.313 e. The van der Waals surface area contributed by atoms with Crippen LogP contribution in [0.15, 0.2) is 23.4 Å². The van der Waals surface area contributed by atoms with Crippen LogP contribution in [-0.2, 0) is 4.79 Å². The molecule has 0 radical (unpaired) electrons. The van der Waals surface area contributed by atoms with Crippen LogP contribution in [0.25, 0.3) is 11.0 Å². The Morgan fingerprint density at radius 3 is 2.90 bits per heavy atom. The lowest BCUT2D eigenvalue weighted by Crippen LogP contribution is -2.08. The van der Waals surface area contributed by atoms with Gasteiger partial charge in [-0.1, -0.05) is 37.2 Å². The number of benzene rings is 1. The van der Waals surface area contributed by atoms with E-state index in [9.17, 15) is 4.79 Å². The van der Waals surface area contributed by atoms with E-state index in [-0.39, 0.29) is 5.75 Å². The van der Waals surface area contributed by atoms with Crippen LogP contribution in [0.5, 0.6) is 0 Å². The van der Waals surface area contributed by atoms with Crippen LogP contribution in [0, 0.1) is 6.92 Å². The number of aromatic nitrogens is 2. The second kappa shape index (κ2) is 6.31. The van der Waals surface area contributed by atoms with E-state index in [0.29, 0.717) is 6.04 Å². The second-order valence-electron chi connectivity index (χ2n) is 5.03. The topological polar surface area (TPSA) is 55.1 Å². The van der Waals surface area contributed by atoms with E-state index in [1.54, 1.807) is 0 Å². The summed E-state index contributed by atoms with van der Waals surface area (Å²) in [5.74, 6) is -0.769. The molecule has 1 heterocycles. The van der Waals surface area contributed by atoms with Gasteiger partial charge in [-0.3, -0.25) is 4.79 Å². The van der Waals surface area contributed by atoms with Gasteiger partial charge in [0.25, 0.3) is 0 Å². The van der Waals surface area contributed by atoms with E-state index >= 15 is 0 Å². The van der Waals surface area contributed by atoms with Crippen molar-refractivity contribution in [2.24, 2.45) is 0 Å². The number of nitrogens with zero attached hydrogens (tertiary/aromatic N) is 2. The Labute approximate surface area is 123 Å². The van der Waals surface area contributed by atoms with Gasteiger partial charge in [0.1, 0.15) is 0 Å². The van der Waals surface area contributed by atoms with Crippen molar-refractivity contribution in [1.29, 1.82) is 0 Å². The van der Waals surface area contributed by atoms with E-state index in [2.05, 4.69) is 29.5 Å². The van der Waals surface area contributed by atoms with Gasteiger partial charge in [-0.05, 0) is 31.9 Å². The average molecular weight is 292 g/mol. The molecule has 1 aromatic heterocycles. The number of imidazole rings is 1. The molecule has 1 N–H and O–H groups in total. The summed E-state index contributed by atoms with van der Waals surface area (Å²) in [6.45, 7) is 6.36. The predicted molar refractivity (Wildman–Crippen MR) is 82.4 cm³/mol. The first-order chi connectivity index (χ1) is 9.54. The van der Waals surface area contributed by atoms with Gasteiger partial charge in [-0.15, -0.1) is 0 Å². The van der Waals surface area contributed by atoms with Gasteiger partial charge in [-0.2, -0.15) is 0 Å². The van der Waals surface area contributed by atoms with Crippen molar-refractivity contribution in [1.82, 2.24) is 9.55 Å². The van der Waals surface area contributed by atoms with E-state index in [0.717, 1.165) is 34.6 Å². The number of carboxylic acid groups (broad SMARTS) is 1. The average Bonchev–Trinajstić information content (AvgIpc) is 2.76. The van der Waals surface area contributed by atoms with Crippen molar-refractivity contribution in [3.63, 3.8) is 0 Å². The fourth-order valence-electron chi connectivity index (χ4n) is 2.44. The number of para-hydroxylation sites is 1. The minimum atomic E-state index is -0.812. The zero-order valence-electron chi connectivity index (χ0n) is 12.1. The number of thioether (sulfide) groups is 1. The Morgan fingerprint density at radius 2 is 2.25 bits per heavy atom. The molecule has 1 atom stereocenters. The van der Waals surface area contributed by atoms with Crippen molar-refractivity contribution in [2.75, 3.05) is 5.75 Å². The summed E-state index contributed by atoms with van der Waals surface area (Å²) in [6, 6.07) is 6.45. The van der Waals surface area contributed by atoms with Gasteiger partial charge in [0.05, 0.1) is 16.8 Å². The smallest absolute Gasteiger partial charge is 0.313 e. The monoisotopic (exact) mass is 292 g/mol. The van der Waals surface area contributed by atoms with Crippen LogP contribution in [0.4, 0.5) is 0 Å². The molecule has 0 aliphatic carbocycles. The van der Waals surface area contributed by atoms with Gasteiger partial charge < -0.3 is 9.67 Å².